The summed E-state index contributed by atoms with van der Waals surface area (Å²) in [6.07, 6.45) is 40.3. The molecule has 1 heterocycles. The largest absolute Gasteiger partial charge is 0.394 e. The second kappa shape index (κ2) is 37.4. The third kappa shape index (κ3) is 27.7. The van der Waals surface area contributed by atoms with E-state index in [-0.39, 0.29) is 18.9 Å². The van der Waals surface area contributed by atoms with Gasteiger partial charge in [0.1, 0.15) is 24.4 Å². The molecule has 7 unspecified atom stereocenters. The highest BCUT2D eigenvalue weighted by Gasteiger charge is 2.44. The molecule has 56 heavy (non-hydrogen) atoms. The van der Waals surface area contributed by atoms with Crippen LogP contribution in [-0.2, 0) is 14.3 Å². The standard InChI is InChI=1S/C47H85NO8/c1-3-5-7-9-11-13-15-17-18-19-20-21-22-23-25-26-28-30-32-34-36-41(50)40(39-55-47-46(54)45(53)44(52)42(38-49)56-47)48-43(51)37-35-33-31-29-27-24-16-14-12-10-8-6-4-2/h24,26-28,31,33-34,36,40-42,44-47,49-50,52-54H,3-23,25,29-30,32,35,37-39H2,1-2H3,(H,48,51)/b27-24-,28-26+,33-31-,36-34+. The second-order valence-electron chi connectivity index (χ2n) is 15.8. The van der Waals surface area contributed by atoms with Gasteiger partial charge in [-0.2, -0.15) is 0 Å². The van der Waals surface area contributed by atoms with Crippen molar-refractivity contribution < 1.29 is 39.8 Å². The van der Waals surface area contributed by atoms with Crippen molar-refractivity contribution in [2.75, 3.05) is 13.2 Å². The Labute approximate surface area is 342 Å². The fourth-order valence-corrected chi connectivity index (χ4v) is 6.93. The molecule has 0 saturated carbocycles. The van der Waals surface area contributed by atoms with E-state index in [2.05, 4.69) is 49.5 Å². The summed E-state index contributed by atoms with van der Waals surface area (Å²) >= 11 is 0. The molecule has 1 amide bonds. The number of aliphatic hydroxyl groups excluding tert-OH is 5. The predicted molar refractivity (Wildman–Crippen MR) is 230 cm³/mol. The Hall–Kier alpha value is -1.85. The fraction of sp³-hybridized carbons (Fsp3) is 0.809. The number of hydrogen-bond acceptors (Lipinski definition) is 8. The molecule has 0 aromatic rings. The molecule has 1 rings (SSSR count). The van der Waals surface area contributed by atoms with Crippen LogP contribution in [0.25, 0.3) is 0 Å². The van der Waals surface area contributed by atoms with Crippen LogP contribution in [-0.4, -0.2) is 87.5 Å². The maximum atomic E-state index is 12.9. The smallest absolute Gasteiger partial charge is 0.220 e. The van der Waals surface area contributed by atoms with Crippen LogP contribution in [0.1, 0.15) is 187 Å². The van der Waals surface area contributed by atoms with Gasteiger partial charge < -0.3 is 40.3 Å². The number of rotatable bonds is 37. The molecule has 7 atom stereocenters. The highest BCUT2D eigenvalue weighted by atomic mass is 16.7. The molecule has 326 valence electrons. The maximum Gasteiger partial charge on any atom is 0.220 e. The van der Waals surface area contributed by atoms with Gasteiger partial charge >= 0.3 is 0 Å². The molecule has 6 N–H and O–H groups in total. The minimum atomic E-state index is -1.58. The Kier molecular flexibility index (Phi) is 34.9. The molecule has 9 heteroatoms. The first kappa shape index (κ1) is 52.2. The molecule has 0 bridgehead atoms. The minimum Gasteiger partial charge on any atom is -0.394 e. The van der Waals surface area contributed by atoms with Crippen molar-refractivity contribution in [2.45, 2.75) is 230 Å². The Morgan fingerprint density at radius 1 is 0.607 bits per heavy atom. The quantitative estimate of drug-likeness (QED) is 0.0269. The van der Waals surface area contributed by atoms with E-state index in [0.717, 1.165) is 32.1 Å². The molecule has 0 aromatic carbocycles. The molecule has 0 aliphatic carbocycles. The maximum absolute atomic E-state index is 12.9. The van der Waals surface area contributed by atoms with Crippen LogP contribution >= 0.6 is 0 Å². The number of unbranched alkanes of at least 4 members (excludes halogenated alkanes) is 21. The van der Waals surface area contributed by atoms with Gasteiger partial charge in [-0.3, -0.25) is 4.79 Å². The van der Waals surface area contributed by atoms with Crippen molar-refractivity contribution in [3.05, 3.63) is 48.6 Å². The Balaban J connectivity index is 2.41. The van der Waals surface area contributed by atoms with Crippen molar-refractivity contribution in [2.24, 2.45) is 0 Å². The lowest BCUT2D eigenvalue weighted by atomic mass is 9.99. The van der Waals surface area contributed by atoms with Crippen LogP contribution in [0.3, 0.4) is 0 Å². The van der Waals surface area contributed by atoms with E-state index in [1.165, 1.54) is 128 Å². The van der Waals surface area contributed by atoms with Gasteiger partial charge in [0.15, 0.2) is 6.29 Å². The van der Waals surface area contributed by atoms with Gasteiger partial charge in [0.05, 0.1) is 25.4 Å². The van der Waals surface area contributed by atoms with Gasteiger partial charge in [-0.25, -0.2) is 0 Å². The lowest BCUT2D eigenvalue weighted by Gasteiger charge is -2.40. The highest BCUT2D eigenvalue weighted by Crippen LogP contribution is 2.22. The first-order valence-electron chi connectivity index (χ1n) is 22.9. The average Bonchev–Trinajstić information content (AvgIpc) is 3.20. The number of aliphatic hydroxyl groups is 5. The van der Waals surface area contributed by atoms with Crippen LogP contribution in [0.2, 0.25) is 0 Å². The van der Waals surface area contributed by atoms with Crippen LogP contribution < -0.4 is 5.32 Å². The summed E-state index contributed by atoms with van der Waals surface area (Å²) < 4.78 is 11.2. The number of allylic oxidation sites excluding steroid dienone is 7. The molecule has 1 fully saturated rings. The molecule has 0 aromatic heterocycles. The number of carbonyl (C=O) groups is 1. The summed E-state index contributed by atoms with van der Waals surface area (Å²) in [5, 5.41) is 54.0. The molecule has 0 radical (unpaired) electrons. The third-order valence-corrected chi connectivity index (χ3v) is 10.6. The minimum absolute atomic E-state index is 0.224. The van der Waals surface area contributed by atoms with Crippen molar-refractivity contribution in [3.8, 4) is 0 Å². The van der Waals surface area contributed by atoms with Gasteiger partial charge in [-0.05, 0) is 51.4 Å². The molecule has 1 aliphatic heterocycles. The zero-order valence-electron chi connectivity index (χ0n) is 35.6. The Morgan fingerprint density at radius 3 is 1.61 bits per heavy atom. The van der Waals surface area contributed by atoms with E-state index in [4.69, 9.17) is 9.47 Å². The number of ether oxygens (including phenoxy) is 2. The zero-order valence-corrected chi connectivity index (χ0v) is 35.6. The van der Waals surface area contributed by atoms with Gasteiger partial charge in [0.2, 0.25) is 5.91 Å². The van der Waals surface area contributed by atoms with E-state index >= 15 is 0 Å². The first-order chi connectivity index (χ1) is 27.3. The molecule has 1 aliphatic rings. The Bertz CT molecular complexity index is 1010. The average molecular weight is 792 g/mol. The summed E-state index contributed by atoms with van der Waals surface area (Å²) in [6.45, 7) is 3.70. The van der Waals surface area contributed by atoms with Gasteiger partial charge in [-0.15, -0.1) is 0 Å². The number of amides is 1. The van der Waals surface area contributed by atoms with Gasteiger partial charge in [0.25, 0.3) is 0 Å². The summed E-state index contributed by atoms with van der Waals surface area (Å²) in [6, 6.07) is -0.851. The van der Waals surface area contributed by atoms with E-state index in [1.807, 2.05) is 12.2 Å². The SMILES string of the molecule is CCCCCCCC/C=C\C/C=C\CCC(=O)NC(COC1OC(CO)C(O)C(O)C1O)C(O)/C=C/CC/C=C/CCCCCCCCCCCCCCCC. The van der Waals surface area contributed by atoms with Crippen molar-refractivity contribution >= 4 is 5.91 Å². The van der Waals surface area contributed by atoms with Gasteiger partial charge in [0, 0.05) is 6.42 Å². The molecular weight excluding hydrogens is 707 g/mol. The van der Waals surface area contributed by atoms with Gasteiger partial charge in [-0.1, -0.05) is 178 Å². The number of carbonyl (C=O) groups excluding carboxylic acids is 1. The zero-order chi connectivity index (χ0) is 40.9. The fourth-order valence-electron chi connectivity index (χ4n) is 6.93. The monoisotopic (exact) mass is 792 g/mol. The van der Waals surface area contributed by atoms with E-state index in [0.29, 0.717) is 6.42 Å². The third-order valence-electron chi connectivity index (χ3n) is 10.6. The normalized spacial score (nSPS) is 21.6. The lowest BCUT2D eigenvalue weighted by molar-refractivity contribution is -0.302. The van der Waals surface area contributed by atoms with Crippen LogP contribution in [0, 0.1) is 0 Å². The van der Waals surface area contributed by atoms with Crippen molar-refractivity contribution in [1.82, 2.24) is 5.32 Å². The first-order valence-corrected chi connectivity index (χ1v) is 22.9. The summed E-state index contributed by atoms with van der Waals surface area (Å²) in [7, 11) is 0. The second-order valence-corrected chi connectivity index (χ2v) is 15.8. The van der Waals surface area contributed by atoms with E-state index < -0.39 is 49.5 Å². The number of nitrogens with one attached hydrogen (secondary N) is 1. The predicted octanol–water partition coefficient (Wildman–Crippen LogP) is 9.45. The summed E-state index contributed by atoms with van der Waals surface area (Å²) in [5.74, 6) is -0.255. The molecule has 9 nitrogen and oxygen atoms in total. The highest BCUT2D eigenvalue weighted by molar-refractivity contribution is 5.76. The van der Waals surface area contributed by atoms with E-state index in [9.17, 15) is 30.3 Å². The Morgan fingerprint density at radius 2 is 1.07 bits per heavy atom. The summed E-state index contributed by atoms with van der Waals surface area (Å²) in [5.41, 5.74) is 0. The summed E-state index contributed by atoms with van der Waals surface area (Å²) in [4.78, 5) is 12.9. The van der Waals surface area contributed by atoms with Crippen molar-refractivity contribution in [1.29, 1.82) is 0 Å². The lowest BCUT2D eigenvalue weighted by Crippen LogP contribution is -2.60. The molecule has 0 spiro atoms. The molecular formula is C47H85NO8. The topological polar surface area (TPSA) is 149 Å². The van der Waals surface area contributed by atoms with Crippen LogP contribution in [0.15, 0.2) is 48.6 Å². The van der Waals surface area contributed by atoms with E-state index in [1.54, 1.807) is 6.08 Å². The molecule has 1 saturated heterocycles. The van der Waals surface area contributed by atoms with Crippen LogP contribution in [0.5, 0.6) is 0 Å². The number of hydrogen-bond donors (Lipinski definition) is 6. The van der Waals surface area contributed by atoms with Crippen molar-refractivity contribution in [3.63, 3.8) is 0 Å². The van der Waals surface area contributed by atoms with Crippen LogP contribution in [0.4, 0.5) is 0 Å².